The van der Waals surface area contributed by atoms with Gasteiger partial charge in [-0.05, 0) is 54.5 Å². The third-order valence-corrected chi connectivity index (χ3v) is 4.20. The van der Waals surface area contributed by atoms with E-state index < -0.39 is 0 Å². The summed E-state index contributed by atoms with van der Waals surface area (Å²) in [5, 5.41) is 0. The molecule has 3 heteroatoms. The second-order valence-corrected chi connectivity index (χ2v) is 6.39. The summed E-state index contributed by atoms with van der Waals surface area (Å²) in [6.07, 6.45) is 10.7. The maximum Gasteiger partial charge on any atom is 0.185 e. The van der Waals surface area contributed by atoms with E-state index >= 15 is 0 Å². The lowest BCUT2D eigenvalue weighted by atomic mass is 10.1. The molecule has 2 aromatic carbocycles. The van der Waals surface area contributed by atoms with Crippen molar-refractivity contribution in [3.8, 4) is 5.75 Å². The molecule has 2 nitrogen and oxygen atoms in total. The van der Waals surface area contributed by atoms with E-state index in [0.29, 0.717) is 5.56 Å². The summed E-state index contributed by atoms with van der Waals surface area (Å²) in [7, 11) is 0. The second kappa shape index (κ2) is 11.2. The number of allylic oxidation sites excluding steroid dienone is 1. The molecular formula is C23H27FO2. The number of carbonyl (C=O) groups excluding carboxylic acids is 1. The Morgan fingerprint density at radius 3 is 2.27 bits per heavy atom. The van der Waals surface area contributed by atoms with E-state index in [2.05, 4.69) is 6.92 Å². The van der Waals surface area contributed by atoms with Crippen LogP contribution in [0.3, 0.4) is 0 Å². The molecule has 2 rings (SSSR count). The highest BCUT2D eigenvalue weighted by atomic mass is 19.1. The number of hydrogen-bond donors (Lipinski definition) is 0. The molecule has 2 aromatic rings. The summed E-state index contributed by atoms with van der Waals surface area (Å²) < 4.78 is 18.6. The third-order valence-electron chi connectivity index (χ3n) is 4.20. The van der Waals surface area contributed by atoms with E-state index in [1.165, 1.54) is 62.4 Å². The molecule has 0 bridgehead atoms. The van der Waals surface area contributed by atoms with Crippen LogP contribution in [-0.4, -0.2) is 12.4 Å². The van der Waals surface area contributed by atoms with Gasteiger partial charge >= 0.3 is 0 Å². The van der Waals surface area contributed by atoms with Crippen molar-refractivity contribution in [2.75, 3.05) is 6.61 Å². The van der Waals surface area contributed by atoms with Gasteiger partial charge in [0.1, 0.15) is 11.6 Å². The monoisotopic (exact) mass is 354 g/mol. The number of benzene rings is 2. The standard InChI is InChI=1S/C23H27FO2/c1-2-3-4-5-6-7-18-26-22-15-8-19(9-16-22)10-17-23(25)20-11-13-21(24)14-12-20/h8-17H,2-7,18H2,1H3. The van der Waals surface area contributed by atoms with E-state index in [-0.39, 0.29) is 11.6 Å². The molecule has 0 spiro atoms. The molecule has 0 radical (unpaired) electrons. The Bertz CT molecular complexity index is 687. The number of rotatable bonds is 11. The van der Waals surface area contributed by atoms with Crippen molar-refractivity contribution in [2.45, 2.75) is 45.4 Å². The van der Waals surface area contributed by atoms with Gasteiger partial charge in [-0.2, -0.15) is 0 Å². The van der Waals surface area contributed by atoms with Crippen molar-refractivity contribution in [1.29, 1.82) is 0 Å². The van der Waals surface area contributed by atoms with E-state index in [1.807, 2.05) is 24.3 Å². The minimum Gasteiger partial charge on any atom is -0.494 e. The predicted molar refractivity (Wildman–Crippen MR) is 105 cm³/mol. The first-order valence-corrected chi connectivity index (χ1v) is 9.40. The molecule has 0 aromatic heterocycles. The van der Waals surface area contributed by atoms with Gasteiger partial charge in [-0.25, -0.2) is 4.39 Å². The van der Waals surface area contributed by atoms with Crippen molar-refractivity contribution in [1.82, 2.24) is 0 Å². The maximum atomic E-state index is 12.9. The van der Waals surface area contributed by atoms with Crippen molar-refractivity contribution >= 4 is 11.9 Å². The highest BCUT2D eigenvalue weighted by molar-refractivity contribution is 6.06. The molecule has 26 heavy (non-hydrogen) atoms. The van der Waals surface area contributed by atoms with Crippen LogP contribution in [0.15, 0.2) is 54.6 Å². The van der Waals surface area contributed by atoms with Gasteiger partial charge in [0.2, 0.25) is 0 Å². The maximum absolute atomic E-state index is 12.9. The summed E-state index contributed by atoms with van der Waals surface area (Å²) in [6.45, 7) is 2.96. The molecule has 0 aliphatic rings. The summed E-state index contributed by atoms with van der Waals surface area (Å²) >= 11 is 0. The normalized spacial score (nSPS) is 11.0. The van der Waals surface area contributed by atoms with Crippen LogP contribution in [0.1, 0.15) is 61.4 Å². The Morgan fingerprint density at radius 1 is 0.923 bits per heavy atom. The minimum absolute atomic E-state index is 0.145. The van der Waals surface area contributed by atoms with Gasteiger partial charge in [-0.3, -0.25) is 4.79 Å². The van der Waals surface area contributed by atoms with Crippen molar-refractivity contribution < 1.29 is 13.9 Å². The molecule has 0 unspecified atom stereocenters. The van der Waals surface area contributed by atoms with Crippen molar-refractivity contribution in [3.05, 3.63) is 71.6 Å². The molecule has 0 N–H and O–H groups in total. The zero-order chi connectivity index (χ0) is 18.6. The van der Waals surface area contributed by atoms with Crippen LogP contribution < -0.4 is 4.74 Å². The van der Waals surface area contributed by atoms with E-state index in [1.54, 1.807) is 6.08 Å². The highest BCUT2D eigenvalue weighted by Gasteiger charge is 2.01. The van der Waals surface area contributed by atoms with Crippen molar-refractivity contribution in [3.63, 3.8) is 0 Å². The molecule has 0 heterocycles. The van der Waals surface area contributed by atoms with Crippen LogP contribution >= 0.6 is 0 Å². The first kappa shape index (κ1) is 19.9. The van der Waals surface area contributed by atoms with Crippen LogP contribution in [-0.2, 0) is 0 Å². The van der Waals surface area contributed by atoms with Gasteiger partial charge in [0.15, 0.2) is 5.78 Å². The average molecular weight is 354 g/mol. The quantitative estimate of drug-likeness (QED) is 0.263. The van der Waals surface area contributed by atoms with Gasteiger partial charge in [0.25, 0.3) is 0 Å². The minimum atomic E-state index is -0.345. The zero-order valence-electron chi connectivity index (χ0n) is 15.4. The third kappa shape index (κ3) is 7.22. The van der Waals surface area contributed by atoms with Gasteiger partial charge < -0.3 is 4.74 Å². The Hall–Kier alpha value is -2.42. The molecule has 0 saturated heterocycles. The SMILES string of the molecule is CCCCCCCCOc1ccc(C=CC(=O)c2ccc(F)cc2)cc1. The Morgan fingerprint density at radius 2 is 1.58 bits per heavy atom. The number of carbonyl (C=O) groups is 1. The molecule has 0 aliphatic carbocycles. The summed E-state index contributed by atoms with van der Waals surface area (Å²) in [5.74, 6) is 0.357. The fraction of sp³-hybridized carbons (Fsp3) is 0.348. The second-order valence-electron chi connectivity index (χ2n) is 6.39. The molecule has 0 saturated carbocycles. The topological polar surface area (TPSA) is 26.3 Å². The number of ether oxygens (including phenoxy) is 1. The highest BCUT2D eigenvalue weighted by Crippen LogP contribution is 2.15. The number of unbranched alkanes of at least 4 members (excludes halogenated alkanes) is 5. The smallest absolute Gasteiger partial charge is 0.185 e. The van der Waals surface area contributed by atoms with E-state index in [4.69, 9.17) is 4.74 Å². The van der Waals surface area contributed by atoms with E-state index in [0.717, 1.165) is 24.3 Å². The number of ketones is 1. The van der Waals surface area contributed by atoms with Crippen LogP contribution in [0.25, 0.3) is 6.08 Å². The van der Waals surface area contributed by atoms with Gasteiger partial charge in [0.05, 0.1) is 6.61 Å². The predicted octanol–water partition coefficient (Wildman–Crippen LogP) is 6.46. The molecular weight excluding hydrogens is 327 g/mol. The van der Waals surface area contributed by atoms with Crippen LogP contribution in [0.5, 0.6) is 5.75 Å². The van der Waals surface area contributed by atoms with Gasteiger partial charge in [-0.1, -0.05) is 57.2 Å². The largest absolute Gasteiger partial charge is 0.494 e. The molecule has 0 amide bonds. The van der Waals surface area contributed by atoms with Gasteiger partial charge in [0, 0.05) is 5.56 Å². The Labute approximate surface area is 155 Å². The van der Waals surface area contributed by atoms with Crippen molar-refractivity contribution in [2.24, 2.45) is 0 Å². The summed E-state index contributed by atoms with van der Waals surface area (Å²) in [6, 6.07) is 13.2. The lowest BCUT2D eigenvalue weighted by Gasteiger charge is -2.06. The van der Waals surface area contributed by atoms with Crippen LogP contribution in [0.2, 0.25) is 0 Å². The molecule has 0 fully saturated rings. The lowest BCUT2D eigenvalue weighted by molar-refractivity contribution is 0.104. The average Bonchev–Trinajstić information content (AvgIpc) is 2.67. The van der Waals surface area contributed by atoms with Crippen LogP contribution in [0, 0.1) is 5.82 Å². The summed E-state index contributed by atoms with van der Waals surface area (Å²) in [5.41, 5.74) is 1.40. The fourth-order valence-electron chi connectivity index (χ4n) is 2.63. The van der Waals surface area contributed by atoms with Gasteiger partial charge in [-0.15, -0.1) is 0 Å². The number of hydrogen-bond acceptors (Lipinski definition) is 2. The lowest BCUT2D eigenvalue weighted by Crippen LogP contribution is -1.97. The Balaban J connectivity index is 1.74. The summed E-state index contributed by atoms with van der Waals surface area (Å²) in [4.78, 5) is 12.0. The van der Waals surface area contributed by atoms with Crippen LogP contribution in [0.4, 0.5) is 4.39 Å². The Kier molecular flexibility index (Phi) is 8.61. The molecule has 0 aliphatic heterocycles. The zero-order valence-corrected chi connectivity index (χ0v) is 15.4. The number of halogens is 1. The van der Waals surface area contributed by atoms with E-state index in [9.17, 15) is 9.18 Å². The first-order chi connectivity index (χ1) is 12.7. The molecule has 138 valence electrons. The fourth-order valence-corrected chi connectivity index (χ4v) is 2.63. The molecule has 0 atom stereocenters. The first-order valence-electron chi connectivity index (χ1n) is 9.40.